The number of halogens is 3. The van der Waals surface area contributed by atoms with Gasteiger partial charge in [0.15, 0.2) is 0 Å². The number of amidine groups is 1. The van der Waals surface area contributed by atoms with Crippen molar-refractivity contribution in [3.05, 3.63) is 0 Å². The summed E-state index contributed by atoms with van der Waals surface area (Å²) in [6, 6.07) is 0.378. The van der Waals surface area contributed by atoms with Crippen molar-refractivity contribution in [2.45, 2.75) is 31.5 Å². The van der Waals surface area contributed by atoms with Crippen LogP contribution in [-0.4, -0.2) is 60.6 Å². The van der Waals surface area contributed by atoms with Crippen LogP contribution >= 0.6 is 0 Å². The highest BCUT2D eigenvalue weighted by molar-refractivity contribution is 5.80. The Balaban J connectivity index is 1.98. The van der Waals surface area contributed by atoms with E-state index in [9.17, 15) is 13.2 Å². The van der Waals surface area contributed by atoms with E-state index in [1.54, 1.807) is 0 Å². The topological polar surface area (TPSA) is 56.4 Å². The molecular weight excluding hydrogens is 257 g/mol. The van der Waals surface area contributed by atoms with E-state index in [0.29, 0.717) is 19.1 Å². The first-order chi connectivity index (χ1) is 8.88. The molecule has 0 aromatic carbocycles. The Bertz CT molecular complexity index is 331. The van der Waals surface area contributed by atoms with Crippen molar-refractivity contribution >= 4 is 5.84 Å². The van der Waals surface area contributed by atoms with E-state index in [1.807, 2.05) is 4.90 Å². The molecule has 2 heterocycles. The van der Waals surface area contributed by atoms with Crippen molar-refractivity contribution in [2.75, 3.05) is 32.7 Å². The zero-order valence-corrected chi connectivity index (χ0v) is 10.9. The molecule has 3 N–H and O–H groups in total. The van der Waals surface area contributed by atoms with Crippen LogP contribution < -0.4 is 5.73 Å². The van der Waals surface area contributed by atoms with Crippen molar-refractivity contribution in [3.8, 4) is 0 Å². The quantitative estimate of drug-likeness (QED) is 0.604. The monoisotopic (exact) mass is 278 g/mol. The van der Waals surface area contributed by atoms with E-state index in [1.165, 1.54) is 0 Å². The first-order valence-electron chi connectivity index (χ1n) is 6.75. The summed E-state index contributed by atoms with van der Waals surface area (Å²) in [5, 5.41) is 7.15. The summed E-state index contributed by atoms with van der Waals surface area (Å²) in [6.45, 7) is 3.18. The van der Waals surface area contributed by atoms with E-state index in [-0.39, 0.29) is 6.54 Å². The lowest BCUT2D eigenvalue weighted by molar-refractivity contribution is -0.160. The predicted molar refractivity (Wildman–Crippen MR) is 67.1 cm³/mol. The fourth-order valence-corrected chi connectivity index (χ4v) is 3.09. The molecular formula is C12H21F3N4. The number of hydrogen-bond acceptors (Lipinski definition) is 3. The Morgan fingerprint density at radius 2 is 1.95 bits per heavy atom. The molecule has 2 unspecified atom stereocenters. The van der Waals surface area contributed by atoms with E-state index in [2.05, 4.69) is 4.90 Å². The average molecular weight is 278 g/mol. The minimum absolute atomic E-state index is 0.177. The molecule has 0 amide bonds. The van der Waals surface area contributed by atoms with Gasteiger partial charge in [-0.3, -0.25) is 10.3 Å². The molecule has 0 aliphatic carbocycles. The number of nitrogens with one attached hydrogen (secondary N) is 1. The van der Waals surface area contributed by atoms with E-state index >= 15 is 0 Å². The van der Waals surface area contributed by atoms with E-state index < -0.39 is 17.9 Å². The maximum absolute atomic E-state index is 12.8. The van der Waals surface area contributed by atoms with Gasteiger partial charge in [-0.25, -0.2) is 0 Å². The molecule has 2 rings (SSSR count). The second-order valence-corrected chi connectivity index (χ2v) is 5.49. The average Bonchev–Trinajstić information content (AvgIpc) is 2.62. The number of hydrogen-bond donors (Lipinski definition) is 2. The summed E-state index contributed by atoms with van der Waals surface area (Å²) < 4.78 is 38.5. The van der Waals surface area contributed by atoms with Crippen LogP contribution in [0, 0.1) is 11.3 Å². The van der Waals surface area contributed by atoms with Gasteiger partial charge in [0, 0.05) is 19.1 Å². The van der Waals surface area contributed by atoms with Crippen molar-refractivity contribution in [3.63, 3.8) is 0 Å². The molecule has 0 radical (unpaired) electrons. The number of nitrogens with zero attached hydrogens (tertiary/aromatic N) is 2. The molecule has 0 aromatic heterocycles. The second-order valence-electron chi connectivity index (χ2n) is 5.49. The van der Waals surface area contributed by atoms with Crippen molar-refractivity contribution in [2.24, 2.45) is 11.7 Å². The Hall–Kier alpha value is -0.820. The summed E-state index contributed by atoms with van der Waals surface area (Å²) >= 11 is 0. The standard InChI is InChI=1S/C12H21F3N4/c13-12(14,15)10(11(16)17)8-18-4-2-6-19-5-1-3-9(19)7-18/h9-10H,1-8H2,(H3,16,17). The van der Waals surface area contributed by atoms with Gasteiger partial charge in [0.05, 0.1) is 0 Å². The fraction of sp³-hybridized carbons (Fsp3) is 0.917. The highest BCUT2D eigenvalue weighted by atomic mass is 19.4. The minimum atomic E-state index is -4.42. The summed E-state index contributed by atoms with van der Waals surface area (Å²) in [4.78, 5) is 4.20. The van der Waals surface area contributed by atoms with Crippen LogP contribution in [0.25, 0.3) is 0 Å². The summed E-state index contributed by atoms with van der Waals surface area (Å²) in [6.07, 6.45) is -1.34. The van der Waals surface area contributed by atoms with Crippen LogP contribution in [0.4, 0.5) is 13.2 Å². The summed E-state index contributed by atoms with van der Waals surface area (Å²) in [5.74, 6) is -2.61. The molecule has 0 spiro atoms. The molecule has 19 heavy (non-hydrogen) atoms. The maximum atomic E-state index is 12.8. The molecule has 7 heteroatoms. The Kier molecular flexibility index (Phi) is 4.35. The molecule has 0 aromatic rings. The second kappa shape index (κ2) is 5.66. The van der Waals surface area contributed by atoms with Gasteiger partial charge in [0.25, 0.3) is 0 Å². The van der Waals surface area contributed by atoms with Crippen LogP contribution in [0.3, 0.4) is 0 Å². The molecule has 4 nitrogen and oxygen atoms in total. The predicted octanol–water partition coefficient (Wildman–Crippen LogP) is 1.27. The van der Waals surface area contributed by atoms with Crippen LogP contribution in [0.1, 0.15) is 19.3 Å². The van der Waals surface area contributed by atoms with Gasteiger partial charge in [-0.05, 0) is 38.9 Å². The normalized spacial score (nSPS) is 27.8. The van der Waals surface area contributed by atoms with E-state index in [4.69, 9.17) is 11.1 Å². The van der Waals surface area contributed by atoms with Crippen LogP contribution in [0.2, 0.25) is 0 Å². The molecule has 2 atom stereocenters. The van der Waals surface area contributed by atoms with E-state index in [0.717, 1.165) is 32.4 Å². The molecule has 2 saturated heterocycles. The first-order valence-corrected chi connectivity index (χ1v) is 6.75. The van der Waals surface area contributed by atoms with Crippen molar-refractivity contribution < 1.29 is 13.2 Å². The van der Waals surface area contributed by atoms with Crippen molar-refractivity contribution in [1.29, 1.82) is 5.41 Å². The number of alkyl halides is 3. The lowest BCUT2D eigenvalue weighted by atomic mass is 10.1. The van der Waals surface area contributed by atoms with Gasteiger partial charge in [-0.15, -0.1) is 0 Å². The van der Waals surface area contributed by atoms with Gasteiger partial charge in [0.2, 0.25) is 0 Å². The zero-order chi connectivity index (χ0) is 14.0. The zero-order valence-electron chi connectivity index (χ0n) is 10.9. The van der Waals surface area contributed by atoms with Crippen LogP contribution in [0.15, 0.2) is 0 Å². The third kappa shape index (κ3) is 3.60. The fourth-order valence-electron chi connectivity index (χ4n) is 3.09. The van der Waals surface area contributed by atoms with Gasteiger partial charge in [-0.2, -0.15) is 13.2 Å². The SMILES string of the molecule is N=C(N)C(CN1CCCN2CCCC2C1)C(F)(F)F. The van der Waals surface area contributed by atoms with Gasteiger partial charge >= 0.3 is 6.18 Å². The number of nitrogens with two attached hydrogens (primary N) is 1. The van der Waals surface area contributed by atoms with Gasteiger partial charge in [-0.1, -0.05) is 0 Å². The minimum Gasteiger partial charge on any atom is -0.387 e. The Morgan fingerprint density at radius 3 is 2.58 bits per heavy atom. The van der Waals surface area contributed by atoms with Gasteiger partial charge in [0.1, 0.15) is 11.8 Å². The van der Waals surface area contributed by atoms with Gasteiger partial charge < -0.3 is 10.6 Å². The Morgan fingerprint density at radius 1 is 1.26 bits per heavy atom. The van der Waals surface area contributed by atoms with Crippen molar-refractivity contribution in [1.82, 2.24) is 9.80 Å². The molecule has 0 saturated carbocycles. The largest absolute Gasteiger partial charge is 0.399 e. The lowest BCUT2D eigenvalue weighted by Gasteiger charge is -2.29. The lowest BCUT2D eigenvalue weighted by Crippen LogP contribution is -2.46. The molecule has 2 fully saturated rings. The molecule has 110 valence electrons. The molecule has 2 aliphatic heterocycles. The highest BCUT2D eigenvalue weighted by Gasteiger charge is 2.43. The molecule has 0 bridgehead atoms. The molecule has 2 aliphatic rings. The number of fused-ring (bicyclic) bond motifs is 1. The van der Waals surface area contributed by atoms with Crippen LogP contribution in [-0.2, 0) is 0 Å². The first kappa shape index (κ1) is 14.6. The van der Waals surface area contributed by atoms with Crippen LogP contribution in [0.5, 0.6) is 0 Å². The Labute approximate surface area is 111 Å². The number of rotatable bonds is 3. The third-order valence-electron chi connectivity index (χ3n) is 4.10. The highest BCUT2D eigenvalue weighted by Crippen LogP contribution is 2.28. The maximum Gasteiger partial charge on any atom is 0.399 e. The third-order valence-corrected chi connectivity index (χ3v) is 4.10. The summed E-state index contributed by atoms with van der Waals surface area (Å²) in [7, 11) is 0. The summed E-state index contributed by atoms with van der Waals surface area (Å²) in [5.41, 5.74) is 5.11. The smallest absolute Gasteiger partial charge is 0.387 e.